The number of rotatable bonds is 4. The molecule has 96 valence electrons. The lowest BCUT2D eigenvalue weighted by molar-refractivity contribution is 0.817. The molecule has 1 aromatic heterocycles. The first-order valence-corrected chi connectivity index (χ1v) is 7.24. The molecule has 2 rings (SSSR count). The third-order valence-corrected chi connectivity index (χ3v) is 4.54. The second-order valence-electron chi connectivity index (χ2n) is 4.20. The van der Waals surface area contributed by atoms with E-state index in [-0.39, 0.29) is 6.04 Å². The van der Waals surface area contributed by atoms with Gasteiger partial charge in [-0.1, -0.05) is 35.2 Å². The van der Waals surface area contributed by atoms with Crippen LogP contribution in [0.4, 0.5) is 5.13 Å². The molecule has 0 fully saturated rings. The Morgan fingerprint density at radius 3 is 2.39 bits per heavy atom. The van der Waals surface area contributed by atoms with Crippen molar-refractivity contribution in [3.05, 3.63) is 29.8 Å². The fourth-order valence-electron chi connectivity index (χ4n) is 1.36. The summed E-state index contributed by atoms with van der Waals surface area (Å²) in [5.41, 5.74) is 6.96. The minimum atomic E-state index is 0.0749. The summed E-state index contributed by atoms with van der Waals surface area (Å²) in [5.74, 6) is 0. The Bertz CT molecular complexity index is 505. The number of nitrogens with zero attached hydrogens (tertiary/aromatic N) is 3. The van der Waals surface area contributed by atoms with E-state index in [0.717, 1.165) is 19.9 Å². The Balaban J connectivity index is 2.08. The number of benzene rings is 1. The highest BCUT2D eigenvalue weighted by Gasteiger charge is 2.07. The van der Waals surface area contributed by atoms with Crippen molar-refractivity contribution in [3.63, 3.8) is 0 Å². The van der Waals surface area contributed by atoms with Crippen molar-refractivity contribution in [2.45, 2.75) is 22.2 Å². The van der Waals surface area contributed by atoms with Gasteiger partial charge in [0.25, 0.3) is 0 Å². The molecule has 0 aliphatic rings. The van der Waals surface area contributed by atoms with Gasteiger partial charge in [0, 0.05) is 25.0 Å². The van der Waals surface area contributed by atoms with Crippen molar-refractivity contribution in [1.82, 2.24) is 10.2 Å². The number of hydrogen-bond donors (Lipinski definition) is 1. The van der Waals surface area contributed by atoms with E-state index in [2.05, 4.69) is 34.5 Å². The average molecular weight is 280 g/mol. The molecule has 1 atom stereocenters. The first kappa shape index (κ1) is 13.3. The lowest BCUT2D eigenvalue weighted by atomic mass is 10.1. The zero-order chi connectivity index (χ0) is 13.1. The van der Waals surface area contributed by atoms with Gasteiger partial charge in [-0.3, -0.25) is 0 Å². The van der Waals surface area contributed by atoms with Crippen LogP contribution in [0.3, 0.4) is 0 Å². The van der Waals surface area contributed by atoms with Gasteiger partial charge in [-0.2, -0.15) is 0 Å². The third kappa shape index (κ3) is 3.22. The molecule has 0 spiro atoms. The van der Waals surface area contributed by atoms with Gasteiger partial charge in [-0.15, -0.1) is 10.2 Å². The van der Waals surface area contributed by atoms with Gasteiger partial charge in [-0.25, -0.2) is 0 Å². The molecular formula is C12H16N4S2. The number of nitrogens with two attached hydrogens (primary N) is 1. The predicted octanol–water partition coefficient (Wildman–Crippen LogP) is 2.78. The van der Waals surface area contributed by atoms with Gasteiger partial charge in [-0.05, 0) is 24.6 Å². The molecular weight excluding hydrogens is 264 g/mol. The highest BCUT2D eigenvalue weighted by atomic mass is 32.2. The Morgan fingerprint density at radius 2 is 1.89 bits per heavy atom. The van der Waals surface area contributed by atoms with E-state index >= 15 is 0 Å². The van der Waals surface area contributed by atoms with E-state index in [1.807, 2.05) is 25.9 Å². The van der Waals surface area contributed by atoms with E-state index in [9.17, 15) is 0 Å². The molecule has 0 saturated carbocycles. The maximum absolute atomic E-state index is 5.82. The maximum Gasteiger partial charge on any atom is 0.208 e. The van der Waals surface area contributed by atoms with E-state index in [1.54, 1.807) is 23.1 Å². The maximum atomic E-state index is 5.82. The molecule has 1 aromatic carbocycles. The molecule has 1 heterocycles. The van der Waals surface area contributed by atoms with Crippen LogP contribution in [0.25, 0.3) is 0 Å². The van der Waals surface area contributed by atoms with Crippen molar-refractivity contribution in [1.29, 1.82) is 0 Å². The van der Waals surface area contributed by atoms with E-state index in [1.165, 1.54) is 0 Å². The highest BCUT2D eigenvalue weighted by molar-refractivity contribution is 8.01. The van der Waals surface area contributed by atoms with Crippen LogP contribution in [-0.4, -0.2) is 24.3 Å². The summed E-state index contributed by atoms with van der Waals surface area (Å²) in [6, 6.07) is 8.33. The molecule has 0 unspecified atom stereocenters. The van der Waals surface area contributed by atoms with Crippen LogP contribution in [0.5, 0.6) is 0 Å². The molecule has 18 heavy (non-hydrogen) atoms. The van der Waals surface area contributed by atoms with Crippen LogP contribution in [-0.2, 0) is 0 Å². The fraction of sp³-hybridized carbons (Fsp3) is 0.333. The van der Waals surface area contributed by atoms with Crippen LogP contribution in [0.1, 0.15) is 18.5 Å². The first-order chi connectivity index (χ1) is 8.56. The summed E-state index contributed by atoms with van der Waals surface area (Å²) >= 11 is 3.21. The topological polar surface area (TPSA) is 55.0 Å². The lowest BCUT2D eigenvalue weighted by Crippen LogP contribution is -2.07. The fourth-order valence-corrected chi connectivity index (χ4v) is 3.10. The molecule has 0 aliphatic carbocycles. The van der Waals surface area contributed by atoms with E-state index in [0.29, 0.717) is 0 Å². The number of hydrogen-bond acceptors (Lipinski definition) is 6. The van der Waals surface area contributed by atoms with E-state index in [4.69, 9.17) is 5.73 Å². The summed E-state index contributed by atoms with van der Waals surface area (Å²) in [7, 11) is 3.93. The molecule has 0 saturated heterocycles. The van der Waals surface area contributed by atoms with E-state index < -0.39 is 0 Å². The zero-order valence-electron chi connectivity index (χ0n) is 10.6. The summed E-state index contributed by atoms with van der Waals surface area (Å²) in [6.07, 6.45) is 0. The molecule has 0 aliphatic heterocycles. The average Bonchev–Trinajstić information content (AvgIpc) is 2.78. The minimum absolute atomic E-state index is 0.0749. The molecule has 6 heteroatoms. The van der Waals surface area contributed by atoms with Crippen molar-refractivity contribution in [3.8, 4) is 0 Å². The summed E-state index contributed by atoms with van der Waals surface area (Å²) < 4.78 is 0.951. The van der Waals surface area contributed by atoms with Crippen LogP contribution in [0.2, 0.25) is 0 Å². The summed E-state index contributed by atoms with van der Waals surface area (Å²) in [6.45, 7) is 1.98. The lowest BCUT2D eigenvalue weighted by Gasteiger charge is -2.05. The van der Waals surface area contributed by atoms with Crippen LogP contribution >= 0.6 is 23.1 Å². The molecule has 0 amide bonds. The van der Waals surface area contributed by atoms with Crippen LogP contribution in [0, 0.1) is 0 Å². The van der Waals surface area contributed by atoms with Gasteiger partial charge in [0.1, 0.15) is 0 Å². The Hall–Kier alpha value is -1.11. The summed E-state index contributed by atoms with van der Waals surface area (Å²) in [4.78, 5) is 3.11. The first-order valence-electron chi connectivity index (χ1n) is 5.60. The molecule has 0 bridgehead atoms. The monoisotopic (exact) mass is 280 g/mol. The second-order valence-corrected chi connectivity index (χ2v) is 6.48. The standard InChI is InChI=1S/C12H16N4S2/c1-8(13)9-4-6-10(7-5-9)17-12-15-14-11(18-12)16(2)3/h4-8H,13H2,1-3H3/t8-/m1/s1. The van der Waals surface area contributed by atoms with Crippen molar-refractivity contribution in [2.75, 3.05) is 19.0 Å². The molecule has 2 aromatic rings. The van der Waals surface area contributed by atoms with Crippen molar-refractivity contribution < 1.29 is 0 Å². The number of anilines is 1. The Labute approximate surface area is 115 Å². The SMILES string of the molecule is C[C@@H](N)c1ccc(Sc2nnc(N(C)C)s2)cc1. The van der Waals surface area contributed by atoms with Crippen LogP contribution in [0.15, 0.2) is 33.5 Å². The second kappa shape index (κ2) is 5.69. The minimum Gasteiger partial charge on any atom is -0.353 e. The molecule has 4 nitrogen and oxygen atoms in total. The smallest absolute Gasteiger partial charge is 0.208 e. The molecule has 2 N–H and O–H groups in total. The van der Waals surface area contributed by atoms with Gasteiger partial charge >= 0.3 is 0 Å². The predicted molar refractivity (Wildman–Crippen MR) is 77.4 cm³/mol. The van der Waals surface area contributed by atoms with Gasteiger partial charge < -0.3 is 10.6 Å². The van der Waals surface area contributed by atoms with Crippen LogP contribution < -0.4 is 10.6 Å². The third-order valence-electron chi connectivity index (χ3n) is 2.39. The normalized spacial score (nSPS) is 12.4. The van der Waals surface area contributed by atoms with Gasteiger partial charge in [0.15, 0.2) is 4.34 Å². The number of aromatic nitrogens is 2. The zero-order valence-corrected chi connectivity index (χ0v) is 12.3. The van der Waals surface area contributed by atoms with Crippen molar-refractivity contribution >= 4 is 28.2 Å². The van der Waals surface area contributed by atoms with Crippen molar-refractivity contribution in [2.24, 2.45) is 5.73 Å². The summed E-state index contributed by atoms with van der Waals surface area (Å²) in [5, 5.41) is 9.19. The quantitative estimate of drug-likeness (QED) is 0.933. The highest BCUT2D eigenvalue weighted by Crippen LogP contribution is 2.32. The Morgan fingerprint density at radius 1 is 1.22 bits per heavy atom. The van der Waals surface area contributed by atoms with Gasteiger partial charge in [0.05, 0.1) is 0 Å². The van der Waals surface area contributed by atoms with Gasteiger partial charge in [0.2, 0.25) is 5.13 Å². The molecule has 0 radical (unpaired) electrons. The largest absolute Gasteiger partial charge is 0.353 e. The Kier molecular flexibility index (Phi) is 4.21.